The first-order valence-electron chi connectivity index (χ1n) is 2.99. The Bertz CT molecular complexity index is 275. The van der Waals surface area contributed by atoms with Crippen molar-refractivity contribution in [2.75, 3.05) is 5.43 Å². The molecule has 0 spiro atoms. The third-order valence-electron chi connectivity index (χ3n) is 1.30. The smallest absolute Gasteiger partial charge is 0.152 e. The Hall–Kier alpha value is -1.06. The molecule has 0 aromatic heterocycles. The van der Waals surface area contributed by atoms with Gasteiger partial charge >= 0.3 is 0 Å². The zero-order valence-electron chi connectivity index (χ0n) is 5.67. The second-order valence-electron chi connectivity index (χ2n) is 1.99. The number of nitrogens with one attached hydrogen (secondary N) is 1. The van der Waals surface area contributed by atoms with E-state index in [-0.39, 0.29) is 0 Å². The van der Waals surface area contributed by atoms with Crippen molar-refractivity contribution in [2.45, 2.75) is 0 Å². The molecule has 58 valence electrons. The van der Waals surface area contributed by atoms with Gasteiger partial charge in [0.05, 0.1) is 5.69 Å². The van der Waals surface area contributed by atoms with E-state index in [1.54, 1.807) is 18.2 Å². The summed E-state index contributed by atoms with van der Waals surface area (Å²) in [6.07, 6.45) is 0.696. The van der Waals surface area contributed by atoms with Gasteiger partial charge in [0.15, 0.2) is 6.29 Å². The molecule has 3 N–H and O–H groups in total. The molecule has 3 nitrogen and oxygen atoms in total. The molecule has 0 fully saturated rings. The van der Waals surface area contributed by atoms with Crippen LogP contribution in [0.5, 0.6) is 0 Å². The molecule has 0 saturated heterocycles. The van der Waals surface area contributed by atoms with Crippen molar-refractivity contribution in [2.24, 2.45) is 5.84 Å². The van der Waals surface area contributed by atoms with Crippen LogP contribution in [0.15, 0.2) is 18.2 Å². The second-order valence-corrected chi connectivity index (χ2v) is 2.43. The summed E-state index contributed by atoms with van der Waals surface area (Å²) >= 11 is 5.63. The van der Waals surface area contributed by atoms with Crippen molar-refractivity contribution < 1.29 is 4.79 Å². The molecular formula is C7H7ClN2O. The van der Waals surface area contributed by atoms with Gasteiger partial charge in [0, 0.05) is 10.6 Å². The van der Waals surface area contributed by atoms with Crippen molar-refractivity contribution in [3.8, 4) is 0 Å². The Morgan fingerprint density at radius 3 is 2.82 bits per heavy atom. The van der Waals surface area contributed by atoms with E-state index in [9.17, 15) is 4.79 Å². The summed E-state index contributed by atoms with van der Waals surface area (Å²) in [4.78, 5) is 10.4. The average Bonchev–Trinajstić information content (AvgIpc) is 2.04. The number of hydrogen-bond donors (Lipinski definition) is 2. The maximum Gasteiger partial charge on any atom is 0.152 e. The lowest BCUT2D eigenvalue weighted by atomic mass is 10.2. The normalized spacial score (nSPS) is 9.27. The molecule has 0 bridgehead atoms. The molecule has 1 aromatic carbocycles. The van der Waals surface area contributed by atoms with Gasteiger partial charge in [0.25, 0.3) is 0 Å². The molecule has 0 saturated carbocycles. The summed E-state index contributed by atoms with van der Waals surface area (Å²) in [5, 5.41) is 0.520. The van der Waals surface area contributed by atoms with Gasteiger partial charge in [-0.15, -0.1) is 0 Å². The number of halogens is 1. The summed E-state index contributed by atoms with van der Waals surface area (Å²) in [6, 6.07) is 4.85. The molecule has 0 radical (unpaired) electrons. The first kappa shape index (κ1) is 8.04. The minimum Gasteiger partial charge on any atom is -0.323 e. The highest BCUT2D eigenvalue weighted by Gasteiger charge is 1.98. The minimum absolute atomic E-state index is 0.458. The number of anilines is 1. The van der Waals surface area contributed by atoms with Crippen LogP contribution in [0.25, 0.3) is 0 Å². The van der Waals surface area contributed by atoms with Gasteiger partial charge in [-0.25, -0.2) is 0 Å². The maximum absolute atomic E-state index is 10.4. The van der Waals surface area contributed by atoms with Crippen molar-refractivity contribution in [3.63, 3.8) is 0 Å². The molecule has 0 aliphatic heterocycles. The number of aldehydes is 1. The van der Waals surface area contributed by atoms with Gasteiger partial charge in [-0.05, 0) is 18.2 Å². The average molecular weight is 171 g/mol. The SMILES string of the molecule is NNc1ccc(Cl)cc1C=O. The van der Waals surface area contributed by atoms with Crippen LogP contribution in [0.1, 0.15) is 10.4 Å². The van der Waals surface area contributed by atoms with E-state index in [0.717, 1.165) is 0 Å². The molecule has 0 amide bonds. The van der Waals surface area contributed by atoms with E-state index >= 15 is 0 Å². The first-order valence-corrected chi connectivity index (χ1v) is 3.37. The van der Waals surface area contributed by atoms with Gasteiger partial charge in [-0.3, -0.25) is 10.6 Å². The third-order valence-corrected chi connectivity index (χ3v) is 1.53. The number of carbonyl (C=O) groups excluding carboxylic acids is 1. The standard InChI is InChI=1S/C7H7ClN2O/c8-6-1-2-7(10-9)5(3-6)4-11/h1-4,10H,9H2. The topological polar surface area (TPSA) is 55.1 Å². The maximum atomic E-state index is 10.4. The Morgan fingerprint density at radius 2 is 2.27 bits per heavy atom. The molecule has 0 unspecified atom stereocenters. The van der Waals surface area contributed by atoms with Crippen molar-refractivity contribution in [3.05, 3.63) is 28.8 Å². The summed E-state index contributed by atoms with van der Waals surface area (Å²) in [7, 11) is 0. The quantitative estimate of drug-likeness (QED) is 0.401. The van der Waals surface area contributed by atoms with Crippen LogP contribution in [0.4, 0.5) is 5.69 Å². The summed E-state index contributed by atoms with van der Waals surface area (Å²) in [5.41, 5.74) is 3.42. The fourth-order valence-corrected chi connectivity index (χ4v) is 0.943. The van der Waals surface area contributed by atoms with Gasteiger partial charge in [-0.1, -0.05) is 11.6 Å². The summed E-state index contributed by atoms with van der Waals surface area (Å²) in [5.74, 6) is 5.12. The minimum atomic E-state index is 0.458. The van der Waals surface area contributed by atoms with E-state index in [4.69, 9.17) is 17.4 Å². The molecule has 1 aromatic rings. The van der Waals surface area contributed by atoms with Crippen LogP contribution in [0.2, 0.25) is 5.02 Å². The summed E-state index contributed by atoms with van der Waals surface area (Å²) < 4.78 is 0. The van der Waals surface area contributed by atoms with Gasteiger partial charge in [0.2, 0.25) is 0 Å². The predicted octanol–water partition coefficient (Wildman–Crippen LogP) is 1.44. The Balaban J connectivity index is 3.16. The number of rotatable bonds is 2. The van der Waals surface area contributed by atoms with E-state index in [1.165, 1.54) is 0 Å². The lowest BCUT2D eigenvalue weighted by Gasteiger charge is -2.02. The molecule has 0 atom stereocenters. The number of nitrogen functional groups attached to an aromatic ring is 1. The van der Waals surface area contributed by atoms with Gasteiger partial charge in [0.1, 0.15) is 0 Å². The third kappa shape index (κ3) is 1.69. The molecule has 1 rings (SSSR count). The number of nitrogens with two attached hydrogens (primary N) is 1. The van der Waals surface area contributed by atoms with Crippen molar-refractivity contribution >= 4 is 23.6 Å². The number of benzene rings is 1. The largest absolute Gasteiger partial charge is 0.323 e. The number of carbonyl (C=O) groups is 1. The number of hydrazine groups is 1. The molecule has 11 heavy (non-hydrogen) atoms. The molecule has 4 heteroatoms. The van der Waals surface area contributed by atoms with E-state index in [1.807, 2.05) is 0 Å². The highest BCUT2D eigenvalue weighted by atomic mass is 35.5. The van der Waals surface area contributed by atoms with Gasteiger partial charge in [-0.2, -0.15) is 0 Å². The Kier molecular flexibility index (Phi) is 2.46. The van der Waals surface area contributed by atoms with E-state index in [0.29, 0.717) is 22.6 Å². The molecular weight excluding hydrogens is 164 g/mol. The second kappa shape index (κ2) is 3.37. The fourth-order valence-electron chi connectivity index (χ4n) is 0.763. The fraction of sp³-hybridized carbons (Fsp3) is 0. The Labute approximate surface area is 69.1 Å². The van der Waals surface area contributed by atoms with Crippen LogP contribution < -0.4 is 11.3 Å². The monoisotopic (exact) mass is 170 g/mol. The molecule has 0 heterocycles. The summed E-state index contributed by atoms with van der Waals surface area (Å²) in [6.45, 7) is 0. The van der Waals surface area contributed by atoms with Crippen molar-refractivity contribution in [1.82, 2.24) is 0 Å². The van der Waals surface area contributed by atoms with Crippen LogP contribution in [-0.2, 0) is 0 Å². The van der Waals surface area contributed by atoms with E-state index in [2.05, 4.69) is 5.43 Å². The Morgan fingerprint density at radius 1 is 1.55 bits per heavy atom. The van der Waals surface area contributed by atoms with Crippen molar-refractivity contribution in [1.29, 1.82) is 0 Å². The molecule has 0 aliphatic rings. The number of hydrogen-bond acceptors (Lipinski definition) is 3. The van der Waals surface area contributed by atoms with Crippen LogP contribution in [-0.4, -0.2) is 6.29 Å². The van der Waals surface area contributed by atoms with Crippen LogP contribution in [0.3, 0.4) is 0 Å². The first-order chi connectivity index (χ1) is 5.27. The lowest BCUT2D eigenvalue weighted by molar-refractivity contribution is 0.112. The highest BCUT2D eigenvalue weighted by molar-refractivity contribution is 6.31. The van der Waals surface area contributed by atoms with Crippen LogP contribution >= 0.6 is 11.6 Å². The van der Waals surface area contributed by atoms with E-state index < -0.39 is 0 Å². The highest BCUT2D eigenvalue weighted by Crippen LogP contribution is 2.17. The van der Waals surface area contributed by atoms with Crippen LogP contribution in [0, 0.1) is 0 Å². The zero-order valence-corrected chi connectivity index (χ0v) is 6.43. The predicted molar refractivity (Wildman–Crippen MR) is 44.6 cm³/mol. The van der Waals surface area contributed by atoms with Gasteiger partial charge < -0.3 is 5.43 Å². The molecule has 0 aliphatic carbocycles. The lowest BCUT2D eigenvalue weighted by Crippen LogP contribution is -2.08. The zero-order chi connectivity index (χ0) is 8.27.